The van der Waals surface area contributed by atoms with Crippen LogP contribution in [-0.2, 0) is 35.2 Å². The van der Waals surface area contributed by atoms with E-state index in [0.717, 1.165) is 76.6 Å². The lowest BCUT2D eigenvalue weighted by molar-refractivity contribution is 0.0386. The molecule has 2 aromatic rings. The maximum atomic E-state index is 6.48. The van der Waals surface area contributed by atoms with E-state index in [1.54, 1.807) is 0 Å². The molecule has 6 nitrogen and oxygen atoms in total. The number of hydrogen-bond donors (Lipinski definition) is 2. The van der Waals surface area contributed by atoms with Gasteiger partial charge in [0.15, 0.2) is 0 Å². The molecule has 32 heavy (non-hydrogen) atoms. The Morgan fingerprint density at radius 2 is 1.56 bits per heavy atom. The average Bonchev–Trinajstić information content (AvgIpc) is 3.46. The summed E-state index contributed by atoms with van der Waals surface area (Å²) in [5.41, 5.74) is 8.05. The lowest BCUT2D eigenvalue weighted by Gasteiger charge is -2.29. The van der Waals surface area contributed by atoms with Crippen LogP contribution >= 0.6 is 0 Å². The summed E-state index contributed by atoms with van der Waals surface area (Å²) in [5, 5.41) is 6.91. The molecule has 0 aromatic heterocycles. The molecule has 0 bridgehead atoms. The predicted molar refractivity (Wildman–Crippen MR) is 122 cm³/mol. The zero-order chi connectivity index (χ0) is 21.5. The minimum absolute atomic E-state index is 0.0712. The Morgan fingerprint density at radius 1 is 0.812 bits per heavy atom. The Labute approximate surface area is 189 Å². The monoisotopic (exact) mass is 436 g/mol. The summed E-state index contributed by atoms with van der Waals surface area (Å²) >= 11 is 0. The Balaban J connectivity index is 1.13. The molecule has 0 spiro atoms. The summed E-state index contributed by atoms with van der Waals surface area (Å²) in [5.74, 6) is 2.10. The molecule has 4 heterocycles. The lowest BCUT2D eigenvalue weighted by atomic mass is 9.91. The van der Waals surface area contributed by atoms with Crippen molar-refractivity contribution in [1.29, 1.82) is 0 Å². The molecule has 6 rings (SSSR count). The summed E-state index contributed by atoms with van der Waals surface area (Å²) in [6.07, 6.45) is 4.17. The highest BCUT2D eigenvalue weighted by atomic mass is 16.5. The molecule has 0 aliphatic carbocycles. The number of fused-ring (bicyclic) bond motifs is 6. The van der Waals surface area contributed by atoms with Gasteiger partial charge in [0.1, 0.15) is 17.6 Å². The molecule has 0 saturated carbocycles. The molecule has 4 aliphatic rings. The molecular weight excluding hydrogens is 404 g/mol. The second-order valence-corrected chi connectivity index (χ2v) is 9.22. The molecule has 2 aromatic carbocycles. The zero-order valence-electron chi connectivity index (χ0n) is 18.7. The maximum Gasteiger partial charge on any atom is 0.129 e. The Hall–Kier alpha value is -2.12. The molecule has 0 fully saturated rings. The molecule has 6 heteroatoms. The van der Waals surface area contributed by atoms with Crippen LogP contribution in [-0.4, -0.2) is 52.6 Å². The first kappa shape index (κ1) is 20.5. The highest BCUT2D eigenvalue weighted by Gasteiger charge is 2.33. The largest absolute Gasteiger partial charge is 0.493 e. The van der Waals surface area contributed by atoms with E-state index in [1.807, 2.05) is 7.05 Å². The molecule has 0 saturated heterocycles. The van der Waals surface area contributed by atoms with Gasteiger partial charge in [0.05, 0.1) is 32.0 Å². The van der Waals surface area contributed by atoms with Crippen LogP contribution in [0.3, 0.4) is 0 Å². The predicted octanol–water partition coefficient (Wildman–Crippen LogP) is 2.66. The van der Waals surface area contributed by atoms with Crippen molar-refractivity contribution < 1.29 is 18.9 Å². The first-order valence-corrected chi connectivity index (χ1v) is 12.0. The third kappa shape index (κ3) is 3.59. The van der Waals surface area contributed by atoms with E-state index in [9.17, 15) is 0 Å². The Bertz CT molecular complexity index is 1010. The lowest BCUT2D eigenvalue weighted by Crippen LogP contribution is -2.35. The van der Waals surface area contributed by atoms with Gasteiger partial charge in [-0.1, -0.05) is 18.2 Å². The third-order valence-electron chi connectivity index (χ3n) is 7.23. The van der Waals surface area contributed by atoms with E-state index in [4.69, 9.17) is 18.9 Å². The minimum atomic E-state index is 0.0712. The highest BCUT2D eigenvalue weighted by molar-refractivity contribution is 5.52. The van der Waals surface area contributed by atoms with Gasteiger partial charge in [0, 0.05) is 43.6 Å². The fourth-order valence-electron chi connectivity index (χ4n) is 5.76. The summed E-state index contributed by atoms with van der Waals surface area (Å²) in [6, 6.07) is 8.87. The van der Waals surface area contributed by atoms with Crippen molar-refractivity contribution in [2.45, 2.75) is 44.0 Å². The van der Waals surface area contributed by atoms with Crippen LogP contribution in [0.4, 0.5) is 0 Å². The van der Waals surface area contributed by atoms with Crippen molar-refractivity contribution in [2.24, 2.45) is 0 Å². The van der Waals surface area contributed by atoms with E-state index >= 15 is 0 Å². The van der Waals surface area contributed by atoms with Crippen molar-refractivity contribution in [1.82, 2.24) is 10.6 Å². The van der Waals surface area contributed by atoms with Crippen molar-refractivity contribution >= 4 is 0 Å². The van der Waals surface area contributed by atoms with Gasteiger partial charge in [-0.15, -0.1) is 0 Å². The van der Waals surface area contributed by atoms with Gasteiger partial charge < -0.3 is 29.6 Å². The van der Waals surface area contributed by atoms with Gasteiger partial charge in [-0.2, -0.15) is 0 Å². The number of ether oxygens (including phenoxy) is 4. The molecule has 0 radical (unpaired) electrons. The van der Waals surface area contributed by atoms with Crippen LogP contribution in [0.25, 0.3) is 0 Å². The van der Waals surface area contributed by atoms with Gasteiger partial charge in [0.25, 0.3) is 0 Å². The number of hydrogen-bond acceptors (Lipinski definition) is 6. The number of benzene rings is 2. The number of likely N-dealkylation sites (N-methyl/N-ethyl adjacent to an activating group) is 1. The standard InChI is InChI=1S/C26H32N2O4/c1-27-14-22-25-17(7-10-30-22)2-3-18-12-19(32-26(18)25)13-28-15-23-24-16(6-9-31-23)4-5-21-20(24)8-11-29-21/h2-5,19,22-23,27-28H,6-15H2,1H3/t19?,22-,23+/m1/s1. The second-order valence-electron chi connectivity index (χ2n) is 9.22. The van der Waals surface area contributed by atoms with E-state index in [1.165, 1.54) is 33.4 Å². The normalized spacial score (nSPS) is 25.3. The smallest absolute Gasteiger partial charge is 0.129 e. The van der Waals surface area contributed by atoms with Gasteiger partial charge in [-0.05, 0) is 48.2 Å². The van der Waals surface area contributed by atoms with Crippen molar-refractivity contribution in [2.75, 3.05) is 46.5 Å². The van der Waals surface area contributed by atoms with Crippen molar-refractivity contribution in [3.8, 4) is 11.5 Å². The molecule has 3 atom stereocenters. The number of rotatable bonds is 6. The van der Waals surface area contributed by atoms with Gasteiger partial charge in [-0.25, -0.2) is 0 Å². The van der Waals surface area contributed by atoms with Gasteiger partial charge >= 0.3 is 0 Å². The van der Waals surface area contributed by atoms with Gasteiger partial charge in [0.2, 0.25) is 0 Å². The third-order valence-corrected chi connectivity index (χ3v) is 7.23. The van der Waals surface area contributed by atoms with Crippen LogP contribution < -0.4 is 20.1 Å². The van der Waals surface area contributed by atoms with Crippen LogP contribution in [0.5, 0.6) is 11.5 Å². The molecular formula is C26H32N2O4. The van der Waals surface area contributed by atoms with E-state index < -0.39 is 0 Å². The fourth-order valence-corrected chi connectivity index (χ4v) is 5.76. The van der Waals surface area contributed by atoms with E-state index in [0.29, 0.717) is 0 Å². The zero-order valence-corrected chi connectivity index (χ0v) is 18.7. The topological polar surface area (TPSA) is 61.0 Å². The molecule has 0 amide bonds. The van der Waals surface area contributed by atoms with Crippen LogP contribution in [0.1, 0.15) is 45.6 Å². The Morgan fingerprint density at radius 3 is 2.41 bits per heavy atom. The van der Waals surface area contributed by atoms with Gasteiger partial charge in [-0.3, -0.25) is 0 Å². The average molecular weight is 437 g/mol. The first-order chi connectivity index (χ1) is 15.8. The minimum Gasteiger partial charge on any atom is -0.493 e. The second kappa shape index (κ2) is 8.67. The summed E-state index contributed by atoms with van der Waals surface area (Å²) in [4.78, 5) is 0. The highest BCUT2D eigenvalue weighted by Crippen LogP contribution is 2.42. The summed E-state index contributed by atoms with van der Waals surface area (Å²) < 4.78 is 24.5. The quantitative estimate of drug-likeness (QED) is 0.726. The first-order valence-electron chi connectivity index (χ1n) is 12.0. The molecule has 1 unspecified atom stereocenters. The Kier molecular flexibility index (Phi) is 5.55. The fraction of sp³-hybridized carbons (Fsp3) is 0.538. The van der Waals surface area contributed by atoms with E-state index in [2.05, 4.69) is 34.9 Å². The molecule has 2 N–H and O–H groups in total. The van der Waals surface area contributed by atoms with Crippen LogP contribution in [0.15, 0.2) is 24.3 Å². The van der Waals surface area contributed by atoms with Crippen LogP contribution in [0.2, 0.25) is 0 Å². The maximum absolute atomic E-state index is 6.48. The summed E-state index contributed by atoms with van der Waals surface area (Å²) in [6.45, 7) is 4.75. The molecule has 170 valence electrons. The van der Waals surface area contributed by atoms with Crippen LogP contribution in [0, 0.1) is 0 Å². The number of nitrogens with one attached hydrogen (secondary N) is 2. The van der Waals surface area contributed by atoms with Crippen molar-refractivity contribution in [3.63, 3.8) is 0 Å². The van der Waals surface area contributed by atoms with Crippen molar-refractivity contribution in [3.05, 3.63) is 57.6 Å². The SMILES string of the molecule is CNC[C@H]1OCCc2ccc3c(c21)OC(CNC[C@@H]1OCCc2ccc4c(c21)CCO4)C3. The van der Waals surface area contributed by atoms with E-state index in [-0.39, 0.29) is 18.3 Å². The molecule has 4 aliphatic heterocycles. The summed E-state index contributed by atoms with van der Waals surface area (Å²) in [7, 11) is 1.97.